The molecule has 0 radical (unpaired) electrons. The van der Waals surface area contributed by atoms with Gasteiger partial charge in [-0.1, -0.05) is 6.42 Å². The highest BCUT2D eigenvalue weighted by molar-refractivity contribution is 5.85. The van der Waals surface area contributed by atoms with Gasteiger partial charge in [-0.2, -0.15) is 0 Å². The third-order valence-electron chi connectivity index (χ3n) is 2.83. The van der Waals surface area contributed by atoms with Gasteiger partial charge >= 0.3 is 5.97 Å². The Bertz CT molecular complexity index is 303. The van der Waals surface area contributed by atoms with Crippen molar-refractivity contribution in [2.45, 2.75) is 25.7 Å². The number of aliphatic carboxylic acids is 1. The summed E-state index contributed by atoms with van der Waals surface area (Å²) in [6.07, 6.45) is 2.37. The summed E-state index contributed by atoms with van der Waals surface area (Å²) < 4.78 is 0. The molecule has 0 aliphatic heterocycles. The van der Waals surface area contributed by atoms with Crippen LogP contribution in [0.5, 0.6) is 0 Å². The van der Waals surface area contributed by atoms with Gasteiger partial charge in [0.1, 0.15) is 0 Å². The van der Waals surface area contributed by atoms with E-state index in [2.05, 4.69) is 5.32 Å². The van der Waals surface area contributed by atoms with Gasteiger partial charge in [-0.05, 0) is 19.3 Å². The molecule has 4 N–H and O–H groups in total. The minimum atomic E-state index is -0.854. The molecule has 1 fully saturated rings. The van der Waals surface area contributed by atoms with E-state index in [1.807, 2.05) is 0 Å². The average Bonchev–Trinajstić information content (AvgIpc) is 2.26. The van der Waals surface area contributed by atoms with Crippen LogP contribution in [0.4, 0.5) is 0 Å². The summed E-state index contributed by atoms with van der Waals surface area (Å²) in [5.41, 5.74) is 4.90. The summed E-state index contributed by atoms with van der Waals surface area (Å²) in [4.78, 5) is 32.8. The number of carboxylic acids is 1. The van der Waals surface area contributed by atoms with E-state index in [1.54, 1.807) is 0 Å². The van der Waals surface area contributed by atoms with E-state index in [9.17, 15) is 14.4 Å². The minimum absolute atomic E-state index is 0.187. The highest BCUT2D eigenvalue weighted by atomic mass is 16.4. The van der Waals surface area contributed by atoms with E-state index in [4.69, 9.17) is 10.8 Å². The first-order valence-electron chi connectivity index (χ1n) is 5.29. The molecular weight excluding hydrogens is 212 g/mol. The molecule has 2 unspecified atom stereocenters. The first kappa shape index (κ1) is 12.5. The quantitative estimate of drug-likeness (QED) is 0.601. The third-order valence-corrected chi connectivity index (χ3v) is 2.83. The van der Waals surface area contributed by atoms with Crippen LogP contribution in [0.2, 0.25) is 0 Å². The molecular formula is C10H16N2O4. The first-order chi connectivity index (χ1) is 7.50. The summed E-state index contributed by atoms with van der Waals surface area (Å²) in [5.74, 6) is -2.48. The maximum absolute atomic E-state index is 11.6. The SMILES string of the molecule is NC(=O)CNC(=O)C1CCCC(C(=O)O)C1. The maximum atomic E-state index is 11.6. The predicted octanol–water partition coefficient (Wildman–Crippen LogP) is -0.521. The zero-order valence-electron chi connectivity index (χ0n) is 8.94. The van der Waals surface area contributed by atoms with Gasteiger partial charge in [0.2, 0.25) is 11.8 Å². The molecule has 1 saturated carbocycles. The van der Waals surface area contributed by atoms with Crippen molar-refractivity contribution >= 4 is 17.8 Å². The number of nitrogens with two attached hydrogens (primary N) is 1. The number of nitrogens with one attached hydrogen (secondary N) is 1. The van der Waals surface area contributed by atoms with Crippen molar-refractivity contribution in [1.82, 2.24) is 5.32 Å². The van der Waals surface area contributed by atoms with Gasteiger partial charge < -0.3 is 16.2 Å². The highest BCUT2D eigenvalue weighted by Crippen LogP contribution is 2.29. The zero-order chi connectivity index (χ0) is 12.1. The normalized spacial score (nSPS) is 24.8. The van der Waals surface area contributed by atoms with E-state index in [1.165, 1.54) is 0 Å². The van der Waals surface area contributed by atoms with Crippen LogP contribution in [0.25, 0.3) is 0 Å². The lowest BCUT2D eigenvalue weighted by molar-refractivity contribution is -0.144. The van der Waals surface area contributed by atoms with Crippen LogP contribution >= 0.6 is 0 Å². The topological polar surface area (TPSA) is 109 Å². The Labute approximate surface area is 93.2 Å². The van der Waals surface area contributed by atoms with E-state index < -0.39 is 17.8 Å². The summed E-state index contributed by atoms with van der Waals surface area (Å²) in [6, 6.07) is 0. The number of rotatable bonds is 4. The average molecular weight is 228 g/mol. The highest BCUT2D eigenvalue weighted by Gasteiger charge is 2.30. The van der Waals surface area contributed by atoms with Crippen LogP contribution < -0.4 is 11.1 Å². The first-order valence-corrected chi connectivity index (χ1v) is 5.29. The van der Waals surface area contributed by atoms with Crippen LogP contribution in [-0.2, 0) is 14.4 Å². The molecule has 0 heterocycles. The summed E-state index contributed by atoms with van der Waals surface area (Å²) >= 11 is 0. The molecule has 90 valence electrons. The van der Waals surface area contributed by atoms with Crippen molar-refractivity contribution < 1.29 is 19.5 Å². The van der Waals surface area contributed by atoms with Gasteiger partial charge in [-0.25, -0.2) is 0 Å². The largest absolute Gasteiger partial charge is 0.481 e. The number of primary amides is 1. The molecule has 0 aromatic rings. The third kappa shape index (κ3) is 3.52. The molecule has 6 heteroatoms. The van der Waals surface area contributed by atoms with Crippen molar-refractivity contribution in [3.8, 4) is 0 Å². The molecule has 2 amide bonds. The predicted molar refractivity (Wildman–Crippen MR) is 55.3 cm³/mol. The Morgan fingerprint density at radius 1 is 1.25 bits per heavy atom. The molecule has 0 spiro atoms. The van der Waals surface area contributed by atoms with Gasteiger partial charge in [0.05, 0.1) is 12.5 Å². The number of hydrogen-bond acceptors (Lipinski definition) is 3. The maximum Gasteiger partial charge on any atom is 0.306 e. The van der Waals surface area contributed by atoms with Crippen molar-refractivity contribution in [2.75, 3.05) is 6.54 Å². The molecule has 1 aliphatic rings. The molecule has 1 aliphatic carbocycles. The lowest BCUT2D eigenvalue weighted by Crippen LogP contribution is -2.39. The van der Waals surface area contributed by atoms with Crippen LogP contribution in [0.1, 0.15) is 25.7 Å². The van der Waals surface area contributed by atoms with Crippen LogP contribution in [0, 0.1) is 11.8 Å². The number of carbonyl (C=O) groups is 3. The molecule has 0 aromatic heterocycles. The summed E-state index contributed by atoms with van der Waals surface area (Å²) in [5, 5.41) is 11.3. The number of carboxylic acid groups (broad SMARTS) is 1. The van der Waals surface area contributed by atoms with Crippen LogP contribution in [-0.4, -0.2) is 29.4 Å². The second-order valence-corrected chi connectivity index (χ2v) is 4.08. The van der Waals surface area contributed by atoms with E-state index in [0.717, 1.165) is 6.42 Å². The fourth-order valence-electron chi connectivity index (χ4n) is 1.97. The van der Waals surface area contributed by atoms with Gasteiger partial charge in [0.15, 0.2) is 0 Å². The second-order valence-electron chi connectivity index (χ2n) is 4.08. The fraction of sp³-hybridized carbons (Fsp3) is 0.700. The molecule has 0 aromatic carbocycles. The van der Waals surface area contributed by atoms with Crippen molar-refractivity contribution in [3.05, 3.63) is 0 Å². The number of carbonyl (C=O) groups excluding carboxylic acids is 2. The number of hydrogen-bond donors (Lipinski definition) is 3. The van der Waals surface area contributed by atoms with Crippen LogP contribution in [0.15, 0.2) is 0 Å². The molecule has 0 bridgehead atoms. The van der Waals surface area contributed by atoms with Gasteiger partial charge in [0, 0.05) is 5.92 Å². The van der Waals surface area contributed by atoms with Crippen LogP contribution in [0.3, 0.4) is 0 Å². The van der Waals surface area contributed by atoms with Gasteiger partial charge in [-0.15, -0.1) is 0 Å². The summed E-state index contributed by atoms with van der Waals surface area (Å²) in [7, 11) is 0. The van der Waals surface area contributed by atoms with Crippen molar-refractivity contribution in [3.63, 3.8) is 0 Å². The Morgan fingerprint density at radius 2 is 1.88 bits per heavy atom. The molecule has 2 atom stereocenters. The van der Waals surface area contributed by atoms with Gasteiger partial charge in [0.25, 0.3) is 0 Å². The smallest absolute Gasteiger partial charge is 0.306 e. The second kappa shape index (κ2) is 5.48. The molecule has 6 nitrogen and oxygen atoms in total. The monoisotopic (exact) mass is 228 g/mol. The van der Waals surface area contributed by atoms with Crippen molar-refractivity contribution in [1.29, 1.82) is 0 Å². The lowest BCUT2D eigenvalue weighted by Gasteiger charge is -2.25. The summed E-state index contributed by atoms with van der Waals surface area (Å²) in [6.45, 7) is -0.187. The van der Waals surface area contributed by atoms with E-state index in [-0.39, 0.29) is 18.4 Å². The fourth-order valence-corrected chi connectivity index (χ4v) is 1.97. The standard InChI is InChI=1S/C10H16N2O4/c11-8(13)5-12-9(14)6-2-1-3-7(4-6)10(15)16/h6-7H,1-5H2,(H2,11,13)(H,12,14)(H,15,16). The molecule has 1 rings (SSSR count). The van der Waals surface area contributed by atoms with E-state index >= 15 is 0 Å². The Morgan fingerprint density at radius 3 is 2.44 bits per heavy atom. The van der Waals surface area contributed by atoms with Crippen molar-refractivity contribution in [2.24, 2.45) is 17.6 Å². The molecule has 16 heavy (non-hydrogen) atoms. The Hall–Kier alpha value is -1.59. The zero-order valence-corrected chi connectivity index (χ0v) is 8.94. The number of amides is 2. The Kier molecular flexibility index (Phi) is 4.28. The Balaban J connectivity index is 2.43. The minimum Gasteiger partial charge on any atom is -0.481 e. The molecule has 0 saturated heterocycles. The van der Waals surface area contributed by atoms with E-state index in [0.29, 0.717) is 19.3 Å². The van der Waals surface area contributed by atoms with Gasteiger partial charge in [-0.3, -0.25) is 14.4 Å². The lowest BCUT2D eigenvalue weighted by atomic mass is 9.81.